The van der Waals surface area contributed by atoms with Crippen molar-refractivity contribution >= 4 is 28.5 Å². The van der Waals surface area contributed by atoms with Gasteiger partial charge in [-0.1, -0.05) is 61.2 Å². The quantitative estimate of drug-likeness (QED) is 0.714. The summed E-state index contributed by atoms with van der Waals surface area (Å²) < 4.78 is 1.81. The van der Waals surface area contributed by atoms with Crippen molar-refractivity contribution < 1.29 is 9.90 Å². The minimum Gasteiger partial charge on any atom is -0.477 e. The summed E-state index contributed by atoms with van der Waals surface area (Å²) >= 11 is 1.57. The second kappa shape index (κ2) is 6.46. The van der Waals surface area contributed by atoms with Crippen molar-refractivity contribution in [3.8, 4) is 0 Å². The number of thioether (sulfide) groups is 1. The minimum atomic E-state index is -0.932. The average Bonchev–Trinajstić information content (AvgIpc) is 2.84. The number of aromatic carboxylic acids is 1. The van der Waals surface area contributed by atoms with Crippen LogP contribution in [-0.4, -0.2) is 26.4 Å². The first-order valence-electron chi connectivity index (χ1n) is 7.51. The maximum Gasteiger partial charge on any atom is 0.354 e. The van der Waals surface area contributed by atoms with E-state index in [1.54, 1.807) is 18.7 Å². The van der Waals surface area contributed by atoms with Gasteiger partial charge in [0.2, 0.25) is 0 Å². The zero-order valence-electron chi connectivity index (χ0n) is 13.1. The van der Waals surface area contributed by atoms with Gasteiger partial charge in [-0.3, -0.25) is 0 Å². The molecule has 1 heterocycles. The van der Waals surface area contributed by atoms with Crippen LogP contribution in [0.15, 0.2) is 47.6 Å². The molecule has 3 rings (SSSR count). The fourth-order valence-corrected chi connectivity index (χ4v) is 3.58. The highest BCUT2D eigenvalue weighted by molar-refractivity contribution is 7.99. The third kappa shape index (κ3) is 2.97. The molecular weight excluding hydrogens is 308 g/mol. The van der Waals surface area contributed by atoms with Crippen molar-refractivity contribution in [2.45, 2.75) is 25.5 Å². The standard InChI is InChI=1S/C18H18N2O2S/c1-3-23-18-19-12(2)16(17(21)22)20(18)11-14-9-6-8-13-7-4-5-10-15(13)14/h4-10H,3,11H2,1-2H3,(H,21,22). The van der Waals surface area contributed by atoms with Gasteiger partial charge < -0.3 is 9.67 Å². The van der Waals surface area contributed by atoms with Gasteiger partial charge in [0.15, 0.2) is 10.9 Å². The van der Waals surface area contributed by atoms with Crippen LogP contribution in [0, 0.1) is 6.92 Å². The number of carbonyl (C=O) groups is 1. The van der Waals surface area contributed by atoms with E-state index in [1.807, 2.05) is 35.8 Å². The Morgan fingerprint density at radius 1 is 1.22 bits per heavy atom. The van der Waals surface area contributed by atoms with E-state index in [2.05, 4.69) is 23.2 Å². The zero-order chi connectivity index (χ0) is 16.4. The SMILES string of the molecule is CCSc1nc(C)c(C(=O)O)n1Cc1cccc2ccccc12. The van der Waals surface area contributed by atoms with E-state index in [9.17, 15) is 9.90 Å². The number of nitrogens with zero attached hydrogens (tertiary/aromatic N) is 2. The van der Waals surface area contributed by atoms with E-state index in [0.717, 1.165) is 27.2 Å². The summed E-state index contributed by atoms with van der Waals surface area (Å²) in [7, 11) is 0. The first kappa shape index (κ1) is 15.6. The molecule has 0 bridgehead atoms. The van der Waals surface area contributed by atoms with Gasteiger partial charge in [0.1, 0.15) is 0 Å². The first-order chi connectivity index (χ1) is 11.1. The van der Waals surface area contributed by atoms with E-state index in [1.165, 1.54) is 0 Å². The Morgan fingerprint density at radius 3 is 2.70 bits per heavy atom. The van der Waals surface area contributed by atoms with Gasteiger partial charge in [0.05, 0.1) is 12.2 Å². The van der Waals surface area contributed by atoms with Crippen LogP contribution in [0.25, 0.3) is 10.8 Å². The summed E-state index contributed by atoms with van der Waals surface area (Å²) in [6, 6.07) is 14.3. The van der Waals surface area contributed by atoms with Gasteiger partial charge in [0, 0.05) is 0 Å². The predicted molar refractivity (Wildman–Crippen MR) is 93.4 cm³/mol. The molecule has 2 aromatic carbocycles. The lowest BCUT2D eigenvalue weighted by Gasteiger charge is -2.12. The van der Waals surface area contributed by atoms with Gasteiger partial charge >= 0.3 is 5.97 Å². The van der Waals surface area contributed by atoms with Gasteiger partial charge in [-0.15, -0.1) is 0 Å². The number of hydrogen-bond donors (Lipinski definition) is 1. The third-order valence-electron chi connectivity index (χ3n) is 3.79. The van der Waals surface area contributed by atoms with Gasteiger partial charge in [-0.05, 0) is 29.0 Å². The molecule has 0 atom stereocenters. The van der Waals surface area contributed by atoms with Gasteiger partial charge in [-0.25, -0.2) is 9.78 Å². The number of rotatable bonds is 5. The number of carboxylic acid groups (broad SMARTS) is 1. The number of imidazole rings is 1. The third-order valence-corrected chi connectivity index (χ3v) is 4.65. The molecule has 0 aliphatic heterocycles. The van der Waals surface area contributed by atoms with Crippen LogP contribution in [-0.2, 0) is 6.54 Å². The molecule has 3 aromatic rings. The van der Waals surface area contributed by atoms with Crippen LogP contribution in [0.1, 0.15) is 28.7 Å². The van der Waals surface area contributed by atoms with Crippen LogP contribution in [0.4, 0.5) is 0 Å². The van der Waals surface area contributed by atoms with Gasteiger partial charge in [0.25, 0.3) is 0 Å². The lowest BCUT2D eigenvalue weighted by molar-refractivity contribution is 0.0684. The fraction of sp³-hybridized carbons (Fsp3) is 0.222. The Hall–Kier alpha value is -2.27. The molecule has 0 fully saturated rings. The van der Waals surface area contributed by atoms with Crippen LogP contribution in [0.3, 0.4) is 0 Å². The smallest absolute Gasteiger partial charge is 0.354 e. The molecule has 0 saturated heterocycles. The lowest BCUT2D eigenvalue weighted by atomic mass is 10.0. The number of aromatic nitrogens is 2. The molecule has 118 valence electrons. The highest BCUT2D eigenvalue weighted by atomic mass is 32.2. The Balaban J connectivity index is 2.13. The number of benzene rings is 2. The fourth-order valence-electron chi connectivity index (χ4n) is 2.80. The summed E-state index contributed by atoms with van der Waals surface area (Å²) in [6.45, 7) is 4.30. The van der Waals surface area contributed by atoms with Crippen molar-refractivity contribution in [2.75, 3.05) is 5.75 Å². The largest absolute Gasteiger partial charge is 0.477 e. The maximum absolute atomic E-state index is 11.6. The van der Waals surface area contributed by atoms with Crippen molar-refractivity contribution in [1.82, 2.24) is 9.55 Å². The zero-order valence-corrected chi connectivity index (χ0v) is 13.9. The summed E-state index contributed by atoms with van der Waals surface area (Å²) in [5.41, 5.74) is 1.93. The Kier molecular flexibility index (Phi) is 4.39. The molecule has 23 heavy (non-hydrogen) atoms. The van der Waals surface area contributed by atoms with E-state index < -0.39 is 5.97 Å². The second-order valence-electron chi connectivity index (χ2n) is 5.29. The predicted octanol–water partition coefficient (Wildman–Crippen LogP) is 4.20. The first-order valence-corrected chi connectivity index (χ1v) is 8.50. The minimum absolute atomic E-state index is 0.272. The summed E-state index contributed by atoms with van der Waals surface area (Å²) in [4.78, 5) is 16.1. The number of aryl methyl sites for hydroxylation is 1. The van der Waals surface area contributed by atoms with Crippen LogP contribution in [0.5, 0.6) is 0 Å². The average molecular weight is 326 g/mol. The molecule has 0 aliphatic carbocycles. The molecule has 0 unspecified atom stereocenters. The van der Waals surface area contributed by atoms with Crippen LogP contribution < -0.4 is 0 Å². The molecule has 1 aromatic heterocycles. The Bertz CT molecular complexity index is 865. The van der Waals surface area contributed by atoms with Crippen molar-refractivity contribution in [3.63, 3.8) is 0 Å². The van der Waals surface area contributed by atoms with E-state index in [4.69, 9.17) is 0 Å². The lowest BCUT2D eigenvalue weighted by Crippen LogP contribution is -2.12. The van der Waals surface area contributed by atoms with E-state index in [0.29, 0.717) is 12.2 Å². The van der Waals surface area contributed by atoms with Crippen molar-refractivity contribution in [1.29, 1.82) is 0 Å². The summed E-state index contributed by atoms with van der Waals surface area (Å²) in [5.74, 6) is -0.0800. The van der Waals surface area contributed by atoms with Gasteiger partial charge in [-0.2, -0.15) is 0 Å². The monoisotopic (exact) mass is 326 g/mol. The number of fused-ring (bicyclic) bond motifs is 1. The maximum atomic E-state index is 11.6. The highest BCUT2D eigenvalue weighted by Gasteiger charge is 2.20. The Labute approximate surface area is 139 Å². The molecule has 0 spiro atoms. The molecule has 0 saturated carbocycles. The Morgan fingerprint density at radius 2 is 1.96 bits per heavy atom. The van der Waals surface area contributed by atoms with Crippen molar-refractivity contribution in [2.24, 2.45) is 0 Å². The number of hydrogen-bond acceptors (Lipinski definition) is 3. The summed E-state index contributed by atoms with van der Waals surface area (Å²) in [5, 5.41) is 12.6. The van der Waals surface area contributed by atoms with Crippen LogP contribution >= 0.6 is 11.8 Å². The molecule has 5 heteroatoms. The highest BCUT2D eigenvalue weighted by Crippen LogP contribution is 2.25. The molecule has 4 nitrogen and oxygen atoms in total. The van der Waals surface area contributed by atoms with Crippen LogP contribution in [0.2, 0.25) is 0 Å². The molecule has 0 aliphatic rings. The summed E-state index contributed by atoms with van der Waals surface area (Å²) in [6.07, 6.45) is 0. The number of carboxylic acids is 1. The molecule has 0 amide bonds. The molecular formula is C18H18N2O2S. The second-order valence-corrected chi connectivity index (χ2v) is 6.52. The van der Waals surface area contributed by atoms with Crippen molar-refractivity contribution in [3.05, 3.63) is 59.4 Å². The van der Waals surface area contributed by atoms with E-state index in [-0.39, 0.29) is 5.69 Å². The topological polar surface area (TPSA) is 55.1 Å². The molecule has 1 N–H and O–H groups in total. The van der Waals surface area contributed by atoms with E-state index >= 15 is 0 Å². The molecule has 0 radical (unpaired) electrons. The normalized spacial score (nSPS) is 11.0.